The third-order valence-corrected chi connectivity index (χ3v) is 21.2. The van der Waals surface area contributed by atoms with Gasteiger partial charge in [0.2, 0.25) is 0 Å². The lowest BCUT2D eigenvalue weighted by Crippen LogP contribution is -2.40. The molecule has 0 bridgehead atoms. The lowest BCUT2D eigenvalue weighted by atomic mass is 10.2. The summed E-state index contributed by atoms with van der Waals surface area (Å²) < 4.78 is 67.4. The van der Waals surface area contributed by atoms with Crippen molar-refractivity contribution in [2.75, 3.05) is 70.5 Å². The molecule has 15 heteroatoms. The van der Waals surface area contributed by atoms with Crippen LogP contribution in [0.25, 0.3) is 0 Å². The predicted molar refractivity (Wildman–Crippen MR) is 289 cm³/mol. The Morgan fingerprint density at radius 3 is 0.797 bits per heavy atom. The van der Waals surface area contributed by atoms with Crippen molar-refractivity contribution >= 4 is 74.2 Å². The number of ether oxygens (including phenoxy) is 11. The van der Waals surface area contributed by atoms with E-state index in [9.17, 15) is 0 Å². The maximum atomic E-state index is 6.37. The van der Waals surface area contributed by atoms with E-state index in [0.29, 0.717) is 46.0 Å². The van der Waals surface area contributed by atoms with E-state index in [1.807, 2.05) is 72.8 Å². The van der Waals surface area contributed by atoms with Gasteiger partial charge < -0.3 is 52.1 Å². The fraction of sp³-hybridized carbons (Fsp3) is 0.333. The molecule has 0 N–H and O–H groups in total. The summed E-state index contributed by atoms with van der Waals surface area (Å²) in [6, 6.07) is 37.0. The van der Waals surface area contributed by atoms with Crippen LogP contribution in [-0.4, -0.2) is 86.6 Å². The van der Waals surface area contributed by atoms with E-state index in [2.05, 4.69) is 75.7 Å². The fourth-order valence-corrected chi connectivity index (χ4v) is 16.5. The van der Waals surface area contributed by atoms with Gasteiger partial charge in [-0.2, -0.15) is 0 Å². The minimum Gasteiger partial charge on any atom is -0.496 e. The summed E-state index contributed by atoms with van der Waals surface area (Å²) in [4.78, 5) is 0. The molecule has 0 fully saturated rings. The van der Waals surface area contributed by atoms with E-state index >= 15 is 0 Å². The molecule has 0 atom stereocenters. The SMILES string of the molecule is COc1cccc(OC)c1P(c1cc([Si](C)(C)C)ccc1COCOCOCc1ccc([Si](C)(C)C)cc1P(c1c(OC)cccc1OC)c1c(OC)cccc1OC)c1c(OC)cccc1OC. The highest BCUT2D eigenvalue weighted by molar-refractivity contribution is 7.81. The maximum absolute atomic E-state index is 6.37. The van der Waals surface area contributed by atoms with Crippen molar-refractivity contribution in [2.45, 2.75) is 52.5 Å². The van der Waals surface area contributed by atoms with E-state index in [-0.39, 0.29) is 26.8 Å². The molecule has 6 aromatic rings. The minimum absolute atomic E-state index is 0.00590. The molecule has 0 spiro atoms. The Bertz CT molecular complexity index is 2290. The van der Waals surface area contributed by atoms with Crippen molar-refractivity contribution in [3.8, 4) is 46.0 Å². The largest absolute Gasteiger partial charge is 0.496 e. The summed E-state index contributed by atoms with van der Waals surface area (Å²) in [5, 5.41) is 8.40. The maximum Gasteiger partial charge on any atom is 0.150 e. The molecule has 11 nitrogen and oxygen atoms in total. The molecule has 0 heterocycles. The van der Waals surface area contributed by atoms with Gasteiger partial charge in [0.25, 0.3) is 0 Å². The van der Waals surface area contributed by atoms with Gasteiger partial charge in [0, 0.05) is 15.8 Å². The predicted octanol–water partition coefficient (Wildman–Crippen LogP) is 8.03. The van der Waals surface area contributed by atoms with Gasteiger partial charge in [0.15, 0.2) is 0 Å². The Balaban J connectivity index is 1.32. The fourth-order valence-electron chi connectivity index (χ4n) is 8.09. The highest BCUT2D eigenvalue weighted by Crippen LogP contribution is 2.48. The third kappa shape index (κ3) is 12.1. The summed E-state index contributed by atoms with van der Waals surface area (Å²) in [6.45, 7) is 14.6. The number of methoxy groups -OCH3 is 8. The van der Waals surface area contributed by atoms with E-state index in [4.69, 9.17) is 52.1 Å². The average molecular weight is 1010 g/mol. The zero-order valence-electron chi connectivity index (χ0n) is 42.6. The van der Waals surface area contributed by atoms with Crippen LogP contribution in [0.5, 0.6) is 46.0 Å². The topological polar surface area (TPSA) is 102 Å². The second-order valence-electron chi connectivity index (χ2n) is 18.0. The quantitative estimate of drug-likeness (QED) is 0.0255. The zero-order chi connectivity index (χ0) is 49.9. The van der Waals surface area contributed by atoms with Crippen LogP contribution in [0.1, 0.15) is 11.1 Å². The smallest absolute Gasteiger partial charge is 0.150 e. The lowest BCUT2D eigenvalue weighted by Gasteiger charge is -2.29. The first-order valence-electron chi connectivity index (χ1n) is 22.6. The molecule has 0 unspecified atom stereocenters. The van der Waals surface area contributed by atoms with Crippen LogP contribution in [-0.2, 0) is 27.4 Å². The summed E-state index contributed by atoms with van der Waals surface area (Å²) in [6.07, 6.45) is 0. The molecule has 0 saturated carbocycles. The average Bonchev–Trinajstić information content (AvgIpc) is 3.35. The van der Waals surface area contributed by atoms with Gasteiger partial charge in [-0.25, -0.2) is 0 Å². The van der Waals surface area contributed by atoms with E-state index in [0.717, 1.165) is 43.0 Å². The first-order valence-corrected chi connectivity index (χ1v) is 32.3. The van der Waals surface area contributed by atoms with Crippen LogP contribution in [0.4, 0.5) is 0 Å². The van der Waals surface area contributed by atoms with Gasteiger partial charge in [0.05, 0.1) is 107 Å². The van der Waals surface area contributed by atoms with Crippen molar-refractivity contribution in [1.29, 1.82) is 0 Å². The number of rotatable bonds is 24. The van der Waals surface area contributed by atoms with Crippen molar-refractivity contribution in [3.63, 3.8) is 0 Å². The minimum atomic E-state index is -1.81. The summed E-state index contributed by atoms with van der Waals surface area (Å²) in [5.74, 6) is 5.62. The van der Waals surface area contributed by atoms with Crippen molar-refractivity contribution in [1.82, 2.24) is 0 Å². The Kier molecular flexibility index (Phi) is 18.6. The number of hydrogen-bond acceptors (Lipinski definition) is 11. The third-order valence-electron chi connectivity index (χ3n) is 11.7. The molecule has 0 amide bonds. The van der Waals surface area contributed by atoms with Crippen molar-refractivity contribution < 1.29 is 52.1 Å². The van der Waals surface area contributed by atoms with Crippen LogP contribution in [0.3, 0.4) is 0 Å². The van der Waals surface area contributed by atoms with Gasteiger partial charge in [-0.15, -0.1) is 0 Å². The highest BCUT2D eigenvalue weighted by Gasteiger charge is 2.35. The van der Waals surface area contributed by atoms with E-state index < -0.39 is 32.0 Å². The molecule has 0 aliphatic heterocycles. The Hall–Kier alpha value is -5.11. The number of hydrogen-bond donors (Lipinski definition) is 0. The van der Waals surface area contributed by atoms with Crippen LogP contribution >= 0.6 is 15.8 Å². The standard InChI is InChI=1S/C54H68O11P2Si2/c1-55-41-19-15-20-42(56-2)51(41)66(52-43(57-3)21-16-22-44(52)58-4)49-31-39(68(9,10)11)29-27-37(49)33-63-35-65-36-64-34-38-28-30-40(69(12,13)14)32-50(38)67(53-45(59-5)23-17-24-46(53)60-6)54-47(61-7)25-18-26-48(54)62-8/h15-32H,33-36H2,1-14H3. The molecule has 0 radical (unpaired) electrons. The van der Waals surface area contributed by atoms with Crippen LogP contribution in [0.15, 0.2) is 109 Å². The molecule has 69 heavy (non-hydrogen) atoms. The molecule has 368 valence electrons. The van der Waals surface area contributed by atoms with Gasteiger partial charge in [-0.3, -0.25) is 0 Å². The monoisotopic (exact) mass is 1010 g/mol. The second kappa shape index (κ2) is 24.1. The highest BCUT2D eigenvalue weighted by atomic mass is 31.1. The molecule has 0 aliphatic rings. The molecular formula is C54H68O11P2Si2. The van der Waals surface area contributed by atoms with Crippen LogP contribution < -0.4 is 80.1 Å². The van der Waals surface area contributed by atoms with Crippen LogP contribution in [0.2, 0.25) is 39.3 Å². The Morgan fingerprint density at radius 1 is 0.333 bits per heavy atom. The first-order chi connectivity index (χ1) is 33.2. The normalized spacial score (nSPS) is 11.7. The zero-order valence-corrected chi connectivity index (χ0v) is 46.4. The summed E-state index contributed by atoms with van der Waals surface area (Å²) in [7, 11) is 7.05. The number of benzene rings is 6. The summed E-state index contributed by atoms with van der Waals surface area (Å²) >= 11 is 0. The van der Waals surface area contributed by atoms with Gasteiger partial charge in [0.1, 0.15) is 59.6 Å². The van der Waals surface area contributed by atoms with E-state index in [1.54, 1.807) is 56.9 Å². The molecule has 6 aromatic carbocycles. The molecular weight excluding hydrogens is 943 g/mol. The summed E-state index contributed by atoms with van der Waals surface area (Å²) in [5.41, 5.74) is 1.99. The van der Waals surface area contributed by atoms with Gasteiger partial charge >= 0.3 is 0 Å². The van der Waals surface area contributed by atoms with Crippen molar-refractivity contribution in [2.24, 2.45) is 0 Å². The van der Waals surface area contributed by atoms with E-state index in [1.165, 1.54) is 10.4 Å². The molecule has 0 aromatic heterocycles. The van der Waals surface area contributed by atoms with Gasteiger partial charge in [-0.05, 0) is 70.3 Å². The molecule has 0 aliphatic carbocycles. The van der Waals surface area contributed by atoms with Crippen LogP contribution in [0, 0.1) is 0 Å². The lowest BCUT2D eigenvalue weighted by molar-refractivity contribution is -0.139. The Morgan fingerprint density at radius 2 is 0.580 bits per heavy atom. The Labute approximate surface area is 413 Å². The first kappa shape index (κ1) is 53.2. The van der Waals surface area contributed by atoms with Gasteiger partial charge in [-0.1, -0.05) is 110 Å². The second-order valence-corrected chi connectivity index (χ2v) is 32.3. The molecule has 6 rings (SSSR count). The molecule has 0 saturated heterocycles. The van der Waals surface area contributed by atoms with Crippen molar-refractivity contribution in [3.05, 3.63) is 120 Å².